The van der Waals surface area contributed by atoms with Crippen molar-refractivity contribution < 1.29 is 14.1 Å². The van der Waals surface area contributed by atoms with Crippen LogP contribution in [-0.2, 0) is 11.3 Å². The fourth-order valence-electron chi connectivity index (χ4n) is 2.64. The summed E-state index contributed by atoms with van der Waals surface area (Å²) in [6, 6.07) is 5.50. The number of hydrogen-bond acceptors (Lipinski definition) is 6. The molecule has 0 saturated carbocycles. The van der Waals surface area contributed by atoms with E-state index in [1.54, 1.807) is 13.0 Å². The number of amides is 1. The summed E-state index contributed by atoms with van der Waals surface area (Å²) < 4.78 is 10.8. The van der Waals surface area contributed by atoms with Crippen LogP contribution in [0.3, 0.4) is 0 Å². The third kappa shape index (κ3) is 3.92. The Hall–Kier alpha value is -2.28. The van der Waals surface area contributed by atoms with E-state index < -0.39 is 0 Å². The van der Waals surface area contributed by atoms with E-state index in [-0.39, 0.29) is 12.0 Å². The Kier molecular flexibility index (Phi) is 4.66. The Labute approximate surface area is 134 Å². The van der Waals surface area contributed by atoms with Gasteiger partial charge in [-0.1, -0.05) is 11.2 Å². The largest absolute Gasteiger partial charge is 0.368 e. The highest BCUT2D eigenvalue weighted by atomic mass is 16.5. The van der Waals surface area contributed by atoms with Crippen LogP contribution in [0.5, 0.6) is 0 Å². The number of aromatic nitrogens is 3. The lowest BCUT2D eigenvalue weighted by molar-refractivity contribution is -0.00988. The Morgan fingerprint density at radius 3 is 2.74 bits per heavy atom. The first-order chi connectivity index (χ1) is 11.1. The summed E-state index contributed by atoms with van der Waals surface area (Å²) >= 11 is 0. The number of carbonyl (C=O) groups is 1. The van der Waals surface area contributed by atoms with Crippen LogP contribution in [0.25, 0.3) is 0 Å². The molecule has 0 atom stereocenters. The van der Waals surface area contributed by atoms with Gasteiger partial charge in [0.1, 0.15) is 12.3 Å². The first kappa shape index (κ1) is 15.6. The van der Waals surface area contributed by atoms with E-state index in [9.17, 15) is 4.79 Å². The highest BCUT2D eigenvalue weighted by Crippen LogP contribution is 2.17. The van der Waals surface area contributed by atoms with Crippen LogP contribution >= 0.6 is 0 Å². The molecule has 1 aliphatic rings. The molecule has 0 aromatic carbocycles. The van der Waals surface area contributed by atoms with Gasteiger partial charge in [0.25, 0.3) is 11.8 Å². The molecule has 1 aliphatic heterocycles. The third-order valence-electron chi connectivity index (χ3n) is 3.85. The molecule has 0 spiro atoms. The van der Waals surface area contributed by atoms with E-state index in [0.717, 1.165) is 18.5 Å². The molecular weight excluding hydrogens is 296 g/mol. The maximum absolute atomic E-state index is 12.4. The number of ether oxygens (including phenoxy) is 1. The second-order valence-electron chi connectivity index (χ2n) is 5.70. The molecule has 23 heavy (non-hydrogen) atoms. The summed E-state index contributed by atoms with van der Waals surface area (Å²) in [5.74, 6) is 1.08. The van der Waals surface area contributed by atoms with Gasteiger partial charge in [0.2, 0.25) is 0 Å². The van der Waals surface area contributed by atoms with Gasteiger partial charge in [-0.2, -0.15) is 4.98 Å². The van der Waals surface area contributed by atoms with Crippen molar-refractivity contribution in [1.29, 1.82) is 0 Å². The lowest BCUT2D eigenvalue weighted by Crippen LogP contribution is -2.41. The van der Waals surface area contributed by atoms with E-state index in [2.05, 4.69) is 15.1 Å². The van der Waals surface area contributed by atoms with Gasteiger partial charge in [-0.15, -0.1) is 0 Å². The van der Waals surface area contributed by atoms with Crippen molar-refractivity contribution in [2.45, 2.75) is 39.4 Å². The Morgan fingerprint density at radius 2 is 2.09 bits per heavy atom. The zero-order chi connectivity index (χ0) is 16.2. The van der Waals surface area contributed by atoms with Gasteiger partial charge in [-0.25, -0.2) is 4.98 Å². The third-order valence-corrected chi connectivity index (χ3v) is 3.85. The number of rotatable bonds is 4. The number of piperidine rings is 1. The summed E-state index contributed by atoms with van der Waals surface area (Å²) in [7, 11) is 0. The molecule has 2 aromatic heterocycles. The molecule has 1 fully saturated rings. The molecule has 0 aliphatic carbocycles. The second-order valence-corrected chi connectivity index (χ2v) is 5.70. The molecule has 0 N–H and O–H groups in total. The van der Waals surface area contributed by atoms with Crippen molar-refractivity contribution in [2.75, 3.05) is 13.1 Å². The van der Waals surface area contributed by atoms with E-state index in [4.69, 9.17) is 9.26 Å². The van der Waals surface area contributed by atoms with Crippen molar-refractivity contribution in [3.8, 4) is 0 Å². The summed E-state index contributed by atoms with van der Waals surface area (Å²) in [6.45, 7) is 5.31. The van der Waals surface area contributed by atoms with Crippen LogP contribution in [0.15, 0.2) is 22.7 Å². The number of hydrogen-bond donors (Lipinski definition) is 0. The minimum Gasteiger partial charge on any atom is -0.368 e. The normalized spacial score (nSPS) is 15.8. The molecule has 2 aromatic rings. The van der Waals surface area contributed by atoms with E-state index in [0.29, 0.717) is 37.1 Å². The standard InChI is InChI=1S/C16H20N4O3/c1-11-4-3-5-14(17-11)16(21)20-8-6-13(7-9-20)22-10-15-18-12(2)19-23-15/h3-5,13H,6-10H2,1-2H3. The van der Waals surface area contributed by atoms with Gasteiger partial charge >= 0.3 is 0 Å². The van der Waals surface area contributed by atoms with Gasteiger partial charge in [0, 0.05) is 18.8 Å². The van der Waals surface area contributed by atoms with Gasteiger partial charge < -0.3 is 14.2 Å². The minimum atomic E-state index is -0.0142. The lowest BCUT2D eigenvalue weighted by Gasteiger charge is -2.31. The van der Waals surface area contributed by atoms with Crippen LogP contribution in [-0.4, -0.2) is 45.1 Å². The lowest BCUT2D eigenvalue weighted by atomic mass is 10.1. The summed E-state index contributed by atoms with van der Waals surface area (Å²) in [4.78, 5) is 22.7. The van der Waals surface area contributed by atoms with Crippen LogP contribution in [0.1, 0.15) is 40.7 Å². The quantitative estimate of drug-likeness (QED) is 0.857. The summed E-state index contributed by atoms with van der Waals surface area (Å²) in [5.41, 5.74) is 1.36. The first-order valence-electron chi connectivity index (χ1n) is 7.75. The SMILES string of the molecule is Cc1cccc(C(=O)N2CCC(OCc3nc(C)no3)CC2)n1. The van der Waals surface area contributed by atoms with E-state index in [1.807, 2.05) is 24.0 Å². The molecule has 0 unspecified atom stereocenters. The second kappa shape index (κ2) is 6.87. The zero-order valence-electron chi connectivity index (χ0n) is 13.4. The van der Waals surface area contributed by atoms with Crippen molar-refractivity contribution >= 4 is 5.91 Å². The van der Waals surface area contributed by atoms with Crippen LogP contribution in [0.4, 0.5) is 0 Å². The maximum Gasteiger partial charge on any atom is 0.272 e. The Morgan fingerprint density at radius 1 is 1.30 bits per heavy atom. The van der Waals surface area contributed by atoms with E-state index in [1.165, 1.54) is 0 Å². The predicted octanol–water partition coefficient (Wildman–Crippen LogP) is 1.90. The molecular formula is C16H20N4O3. The molecule has 122 valence electrons. The number of likely N-dealkylation sites (tertiary alicyclic amines) is 1. The highest BCUT2D eigenvalue weighted by Gasteiger charge is 2.25. The van der Waals surface area contributed by atoms with Gasteiger partial charge in [0.15, 0.2) is 5.82 Å². The monoisotopic (exact) mass is 316 g/mol. The van der Waals surface area contributed by atoms with Crippen LogP contribution in [0, 0.1) is 13.8 Å². The van der Waals surface area contributed by atoms with Crippen molar-refractivity contribution in [2.24, 2.45) is 0 Å². The molecule has 3 heterocycles. The fourth-order valence-corrected chi connectivity index (χ4v) is 2.64. The van der Waals surface area contributed by atoms with Crippen LogP contribution in [0.2, 0.25) is 0 Å². The van der Waals surface area contributed by atoms with Crippen LogP contribution < -0.4 is 0 Å². The molecule has 1 amide bonds. The van der Waals surface area contributed by atoms with E-state index >= 15 is 0 Å². The first-order valence-corrected chi connectivity index (χ1v) is 7.75. The number of pyridine rings is 1. The smallest absolute Gasteiger partial charge is 0.272 e. The number of nitrogens with zero attached hydrogens (tertiary/aromatic N) is 4. The Bertz CT molecular complexity index is 677. The van der Waals surface area contributed by atoms with Gasteiger partial charge in [-0.05, 0) is 38.8 Å². The van der Waals surface area contributed by atoms with Crippen molar-refractivity contribution in [3.63, 3.8) is 0 Å². The predicted molar refractivity (Wildman–Crippen MR) is 81.7 cm³/mol. The molecule has 0 bridgehead atoms. The summed E-state index contributed by atoms with van der Waals surface area (Å²) in [6.07, 6.45) is 1.70. The van der Waals surface area contributed by atoms with Crippen molar-refractivity contribution in [3.05, 3.63) is 41.3 Å². The average Bonchev–Trinajstić information content (AvgIpc) is 2.98. The maximum atomic E-state index is 12.4. The Balaban J connectivity index is 1.49. The fraction of sp³-hybridized carbons (Fsp3) is 0.500. The minimum absolute atomic E-state index is 0.0142. The molecule has 7 nitrogen and oxygen atoms in total. The molecule has 1 saturated heterocycles. The zero-order valence-corrected chi connectivity index (χ0v) is 13.4. The highest BCUT2D eigenvalue weighted by molar-refractivity contribution is 5.92. The average molecular weight is 316 g/mol. The van der Waals surface area contributed by atoms with Gasteiger partial charge in [-0.3, -0.25) is 4.79 Å². The molecule has 7 heteroatoms. The number of aryl methyl sites for hydroxylation is 2. The summed E-state index contributed by atoms with van der Waals surface area (Å²) in [5, 5.41) is 3.73. The topological polar surface area (TPSA) is 81.4 Å². The van der Waals surface area contributed by atoms with Crippen molar-refractivity contribution in [1.82, 2.24) is 20.0 Å². The van der Waals surface area contributed by atoms with Gasteiger partial charge in [0.05, 0.1) is 6.10 Å². The molecule has 3 rings (SSSR count). The molecule has 0 radical (unpaired) electrons. The number of carbonyl (C=O) groups excluding carboxylic acids is 1.